The summed E-state index contributed by atoms with van der Waals surface area (Å²) in [5.41, 5.74) is 1.81. The van der Waals surface area contributed by atoms with Gasteiger partial charge in [-0.15, -0.1) is 11.3 Å². The molecule has 1 amide bonds. The summed E-state index contributed by atoms with van der Waals surface area (Å²) >= 11 is 6.36. The number of carboxylic acids is 1. The van der Waals surface area contributed by atoms with Crippen LogP contribution in [0.3, 0.4) is 0 Å². The summed E-state index contributed by atoms with van der Waals surface area (Å²) in [6.45, 7) is 0. The summed E-state index contributed by atoms with van der Waals surface area (Å²) in [7, 11) is 0. The highest BCUT2D eigenvalue weighted by molar-refractivity contribution is 7.18. The van der Waals surface area contributed by atoms with E-state index in [9.17, 15) is 9.59 Å². The average molecular weight is 221 g/mol. The van der Waals surface area contributed by atoms with Crippen molar-refractivity contribution in [2.75, 3.05) is 0 Å². The van der Waals surface area contributed by atoms with E-state index in [0.29, 0.717) is 0 Å². The van der Waals surface area contributed by atoms with E-state index in [4.69, 9.17) is 22.6 Å². The minimum Gasteiger partial charge on any atom is -0.477 e. The van der Waals surface area contributed by atoms with Crippen LogP contribution in [0.4, 0.5) is 0 Å². The molecule has 1 aromatic rings. The van der Waals surface area contributed by atoms with Gasteiger partial charge in [-0.05, 0) is 6.07 Å². The average Bonchev–Trinajstić information content (AvgIpc) is 2.46. The van der Waals surface area contributed by atoms with E-state index in [2.05, 4.69) is 0 Å². The second-order valence-electron chi connectivity index (χ2n) is 2.07. The summed E-state index contributed by atoms with van der Waals surface area (Å²) < 4.78 is 0.232. The Morgan fingerprint density at radius 3 is 2.69 bits per heavy atom. The van der Waals surface area contributed by atoms with Gasteiger partial charge in [0, 0.05) is 0 Å². The smallest absolute Gasteiger partial charge is 0.346 e. The molecule has 0 aliphatic rings. The van der Waals surface area contributed by atoms with E-state index in [1.54, 1.807) is 0 Å². The van der Waals surface area contributed by atoms with Crippen LogP contribution >= 0.6 is 22.9 Å². The molecule has 1 aromatic heterocycles. The Labute approximate surface area is 82.1 Å². The van der Waals surface area contributed by atoms with Crippen molar-refractivity contribution in [3.63, 3.8) is 0 Å². The fourth-order valence-corrected chi connectivity index (χ4v) is 1.83. The number of carbonyl (C=O) groups excluding carboxylic acids is 1. The molecule has 0 aliphatic heterocycles. The second kappa shape index (κ2) is 3.73. The fourth-order valence-electron chi connectivity index (χ4n) is 0.766. The lowest BCUT2D eigenvalue weighted by Gasteiger charge is -1.96. The normalized spacial score (nSPS) is 9.69. The molecule has 0 saturated carbocycles. The standard InChI is InChI=1S/C6H5ClN2O3S/c7-3-1-2(5(10)9-8)4(13-3)6(11)12/h1H,8H2,(H,9,10)(H,11,12). The lowest BCUT2D eigenvalue weighted by atomic mass is 10.2. The molecular formula is C6H5ClN2O3S. The second-order valence-corrected chi connectivity index (χ2v) is 3.76. The van der Waals surface area contributed by atoms with Crippen molar-refractivity contribution < 1.29 is 14.7 Å². The lowest BCUT2D eigenvalue weighted by molar-refractivity contribution is 0.0696. The predicted molar refractivity (Wildman–Crippen MR) is 47.9 cm³/mol. The van der Waals surface area contributed by atoms with Crippen molar-refractivity contribution in [1.82, 2.24) is 5.43 Å². The topological polar surface area (TPSA) is 92.4 Å². The summed E-state index contributed by atoms with van der Waals surface area (Å²) in [6.07, 6.45) is 0. The van der Waals surface area contributed by atoms with E-state index in [1.807, 2.05) is 5.43 Å². The maximum absolute atomic E-state index is 11.0. The number of aromatic carboxylic acids is 1. The number of thiophene rings is 1. The number of halogens is 1. The molecule has 0 unspecified atom stereocenters. The van der Waals surface area contributed by atoms with Gasteiger partial charge in [0.15, 0.2) is 0 Å². The number of nitrogens with one attached hydrogen (secondary N) is 1. The zero-order chi connectivity index (χ0) is 10.0. The van der Waals surface area contributed by atoms with Crippen LogP contribution < -0.4 is 11.3 Å². The Bertz CT molecular complexity index is 363. The highest BCUT2D eigenvalue weighted by Gasteiger charge is 2.19. The first-order valence-corrected chi connectivity index (χ1v) is 4.29. The summed E-state index contributed by atoms with van der Waals surface area (Å²) in [5.74, 6) is 2.99. The van der Waals surface area contributed by atoms with Crippen LogP contribution in [-0.4, -0.2) is 17.0 Å². The van der Waals surface area contributed by atoms with Gasteiger partial charge in [0.2, 0.25) is 0 Å². The van der Waals surface area contributed by atoms with Crippen molar-refractivity contribution in [2.24, 2.45) is 5.84 Å². The number of nitrogens with two attached hydrogens (primary N) is 1. The predicted octanol–water partition coefficient (Wildman–Crippen LogP) is 0.703. The molecule has 0 saturated heterocycles. The summed E-state index contributed by atoms with van der Waals surface area (Å²) in [4.78, 5) is 21.5. The van der Waals surface area contributed by atoms with Crippen molar-refractivity contribution >= 4 is 34.8 Å². The van der Waals surface area contributed by atoms with Gasteiger partial charge in [-0.1, -0.05) is 11.6 Å². The van der Waals surface area contributed by atoms with E-state index >= 15 is 0 Å². The van der Waals surface area contributed by atoms with Crippen LogP contribution in [0.5, 0.6) is 0 Å². The molecule has 1 heterocycles. The Kier molecular flexibility index (Phi) is 2.86. The third-order valence-corrected chi connectivity index (χ3v) is 2.52. The fraction of sp³-hybridized carbons (Fsp3) is 0. The van der Waals surface area contributed by atoms with Crippen LogP contribution in [-0.2, 0) is 0 Å². The van der Waals surface area contributed by atoms with Gasteiger partial charge in [0.25, 0.3) is 5.91 Å². The molecule has 70 valence electrons. The van der Waals surface area contributed by atoms with Gasteiger partial charge in [-0.2, -0.15) is 0 Å². The van der Waals surface area contributed by atoms with Gasteiger partial charge in [0.1, 0.15) is 4.88 Å². The number of nitrogen functional groups attached to an aromatic ring is 1. The zero-order valence-corrected chi connectivity index (χ0v) is 7.78. The van der Waals surface area contributed by atoms with E-state index < -0.39 is 11.9 Å². The largest absolute Gasteiger partial charge is 0.477 e. The first kappa shape index (κ1) is 9.97. The molecule has 0 radical (unpaired) electrons. The van der Waals surface area contributed by atoms with Gasteiger partial charge in [-0.3, -0.25) is 10.2 Å². The van der Waals surface area contributed by atoms with E-state index in [0.717, 1.165) is 11.3 Å². The van der Waals surface area contributed by atoms with Gasteiger partial charge in [-0.25, -0.2) is 10.6 Å². The van der Waals surface area contributed by atoms with Crippen molar-refractivity contribution in [2.45, 2.75) is 0 Å². The van der Waals surface area contributed by atoms with Gasteiger partial charge >= 0.3 is 5.97 Å². The van der Waals surface area contributed by atoms with Crippen LogP contribution in [0.25, 0.3) is 0 Å². The van der Waals surface area contributed by atoms with Crippen LogP contribution in [0.2, 0.25) is 4.34 Å². The molecule has 0 fully saturated rings. The highest BCUT2D eigenvalue weighted by Crippen LogP contribution is 2.26. The first-order chi connectivity index (χ1) is 6.06. The van der Waals surface area contributed by atoms with E-state index in [1.165, 1.54) is 6.07 Å². The summed E-state index contributed by atoms with van der Waals surface area (Å²) in [5, 5.41) is 8.65. The number of rotatable bonds is 2. The molecule has 1 rings (SSSR count). The molecule has 0 atom stereocenters. The molecule has 4 N–H and O–H groups in total. The summed E-state index contributed by atoms with van der Waals surface area (Å²) in [6, 6.07) is 1.26. The monoisotopic (exact) mass is 220 g/mol. The van der Waals surface area contributed by atoms with Crippen molar-refractivity contribution in [3.8, 4) is 0 Å². The van der Waals surface area contributed by atoms with Crippen LogP contribution in [0.1, 0.15) is 20.0 Å². The maximum atomic E-state index is 11.0. The number of hydrazine groups is 1. The zero-order valence-electron chi connectivity index (χ0n) is 6.20. The molecule has 13 heavy (non-hydrogen) atoms. The molecule has 0 aromatic carbocycles. The Hall–Kier alpha value is -1.11. The van der Waals surface area contributed by atoms with Gasteiger partial charge < -0.3 is 5.11 Å². The van der Waals surface area contributed by atoms with Crippen LogP contribution in [0.15, 0.2) is 6.07 Å². The van der Waals surface area contributed by atoms with Crippen molar-refractivity contribution in [1.29, 1.82) is 0 Å². The Balaban J connectivity index is 3.19. The molecule has 5 nitrogen and oxygen atoms in total. The molecule has 0 aliphatic carbocycles. The van der Waals surface area contributed by atoms with Crippen LogP contribution in [0, 0.1) is 0 Å². The van der Waals surface area contributed by atoms with Gasteiger partial charge in [0.05, 0.1) is 9.90 Å². The minimum absolute atomic E-state index is 0.0231. The number of carbonyl (C=O) groups is 2. The molecule has 0 spiro atoms. The Morgan fingerprint density at radius 2 is 2.23 bits per heavy atom. The minimum atomic E-state index is -1.20. The lowest BCUT2D eigenvalue weighted by Crippen LogP contribution is -2.30. The highest BCUT2D eigenvalue weighted by atomic mass is 35.5. The number of hydrogen-bond donors (Lipinski definition) is 3. The molecular weight excluding hydrogens is 216 g/mol. The number of amides is 1. The maximum Gasteiger partial charge on any atom is 0.346 e. The quantitative estimate of drug-likeness (QED) is 0.389. The third kappa shape index (κ3) is 1.97. The Morgan fingerprint density at radius 1 is 1.62 bits per heavy atom. The molecule has 7 heteroatoms. The SMILES string of the molecule is NNC(=O)c1cc(Cl)sc1C(=O)O. The number of carboxylic acid groups (broad SMARTS) is 1. The molecule has 0 bridgehead atoms. The van der Waals surface area contributed by atoms with Crippen molar-refractivity contribution in [3.05, 3.63) is 20.8 Å². The third-order valence-electron chi connectivity index (χ3n) is 1.27. The number of hydrogen-bond acceptors (Lipinski definition) is 4. The van der Waals surface area contributed by atoms with E-state index in [-0.39, 0.29) is 14.8 Å². The first-order valence-electron chi connectivity index (χ1n) is 3.10.